The van der Waals surface area contributed by atoms with E-state index in [4.69, 9.17) is 0 Å². The average molecular weight is 233 g/mol. The van der Waals surface area contributed by atoms with Gasteiger partial charge in [-0.25, -0.2) is 9.78 Å². The van der Waals surface area contributed by atoms with E-state index in [0.717, 1.165) is 11.4 Å². The Morgan fingerprint density at radius 2 is 2.12 bits per heavy atom. The summed E-state index contributed by atoms with van der Waals surface area (Å²) in [6, 6.07) is 9.09. The molecule has 1 aromatic carbocycles. The molecular weight excluding hydrogens is 222 g/mol. The molecule has 2 rings (SSSR count). The van der Waals surface area contributed by atoms with E-state index < -0.39 is 0 Å². The van der Waals surface area contributed by atoms with E-state index >= 15 is 0 Å². The Kier molecular flexibility index (Phi) is 3.50. The Labute approximate surface area is 97.3 Å². The fourth-order valence-electron chi connectivity index (χ4n) is 1.19. The Morgan fingerprint density at radius 3 is 2.81 bits per heavy atom. The van der Waals surface area contributed by atoms with Crippen molar-refractivity contribution in [2.75, 3.05) is 5.32 Å². The normalized spacial score (nSPS) is 9.75. The highest BCUT2D eigenvalue weighted by Gasteiger charge is 2.01. The van der Waals surface area contributed by atoms with E-state index in [1.165, 1.54) is 11.3 Å². The van der Waals surface area contributed by atoms with E-state index in [2.05, 4.69) is 15.6 Å². The van der Waals surface area contributed by atoms with E-state index in [1.54, 1.807) is 5.51 Å². The zero-order valence-corrected chi connectivity index (χ0v) is 9.33. The largest absolute Gasteiger partial charge is 0.332 e. The van der Waals surface area contributed by atoms with E-state index in [9.17, 15) is 4.79 Å². The van der Waals surface area contributed by atoms with Gasteiger partial charge in [0.05, 0.1) is 17.7 Å². The van der Waals surface area contributed by atoms with Crippen LogP contribution in [0.4, 0.5) is 10.5 Å². The molecule has 0 aliphatic rings. The molecule has 1 aromatic heterocycles. The van der Waals surface area contributed by atoms with Gasteiger partial charge in [-0.3, -0.25) is 0 Å². The summed E-state index contributed by atoms with van der Waals surface area (Å²) in [5.41, 5.74) is 3.39. The molecule has 0 aliphatic carbocycles. The zero-order chi connectivity index (χ0) is 11.2. The number of rotatable bonds is 3. The van der Waals surface area contributed by atoms with Crippen molar-refractivity contribution < 1.29 is 4.79 Å². The summed E-state index contributed by atoms with van der Waals surface area (Å²) < 4.78 is 0. The minimum atomic E-state index is -0.223. The van der Waals surface area contributed by atoms with E-state index in [1.807, 2.05) is 35.7 Å². The monoisotopic (exact) mass is 233 g/mol. The number of urea groups is 1. The molecule has 5 heteroatoms. The lowest BCUT2D eigenvalue weighted by atomic mass is 10.3. The van der Waals surface area contributed by atoms with Gasteiger partial charge in [0.25, 0.3) is 0 Å². The van der Waals surface area contributed by atoms with Gasteiger partial charge in [-0.1, -0.05) is 18.2 Å². The highest BCUT2D eigenvalue weighted by Crippen LogP contribution is 2.04. The summed E-state index contributed by atoms with van der Waals surface area (Å²) in [7, 11) is 0. The van der Waals surface area contributed by atoms with Gasteiger partial charge < -0.3 is 10.6 Å². The average Bonchev–Trinajstić information content (AvgIpc) is 2.81. The molecule has 1 heterocycles. The smallest absolute Gasteiger partial charge is 0.319 e. The van der Waals surface area contributed by atoms with Gasteiger partial charge in [0.15, 0.2) is 0 Å². The summed E-state index contributed by atoms with van der Waals surface area (Å²) in [4.78, 5) is 15.5. The molecule has 0 atom stereocenters. The number of benzene rings is 1. The van der Waals surface area contributed by atoms with Crippen LogP contribution < -0.4 is 10.6 Å². The van der Waals surface area contributed by atoms with Crippen molar-refractivity contribution in [1.82, 2.24) is 10.3 Å². The summed E-state index contributed by atoms with van der Waals surface area (Å²) in [6.45, 7) is 0.447. The second-order valence-electron chi connectivity index (χ2n) is 3.15. The van der Waals surface area contributed by atoms with E-state index in [0.29, 0.717) is 6.54 Å². The van der Waals surface area contributed by atoms with Crippen LogP contribution in [0.5, 0.6) is 0 Å². The van der Waals surface area contributed by atoms with Gasteiger partial charge in [-0.05, 0) is 12.1 Å². The van der Waals surface area contributed by atoms with Crippen LogP contribution in [0, 0.1) is 0 Å². The summed E-state index contributed by atoms with van der Waals surface area (Å²) >= 11 is 1.51. The van der Waals surface area contributed by atoms with Crippen LogP contribution in [0.3, 0.4) is 0 Å². The third-order valence-electron chi connectivity index (χ3n) is 1.95. The topological polar surface area (TPSA) is 54.0 Å². The van der Waals surface area contributed by atoms with Crippen molar-refractivity contribution in [1.29, 1.82) is 0 Å². The Balaban J connectivity index is 1.81. The minimum Gasteiger partial charge on any atom is -0.332 e. The van der Waals surface area contributed by atoms with Gasteiger partial charge in [-0.2, -0.15) is 0 Å². The van der Waals surface area contributed by atoms with Crippen molar-refractivity contribution in [3.05, 3.63) is 46.9 Å². The van der Waals surface area contributed by atoms with Gasteiger partial charge in [0.2, 0.25) is 0 Å². The molecule has 0 saturated carbocycles. The molecule has 0 spiro atoms. The van der Waals surface area contributed by atoms with Crippen LogP contribution in [0.15, 0.2) is 41.2 Å². The number of anilines is 1. The predicted molar refractivity (Wildman–Crippen MR) is 64.4 cm³/mol. The van der Waals surface area contributed by atoms with Crippen LogP contribution in [0.25, 0.3) is 0 Å². The first-order valence-electron chi connectivity index (χ1n) is 4.81. The number of nitrogens with zero attached hydrogens (tertiary/aromatic N) is 1. The van der Waals surface area contributed by atoms with Crippen molar-refractivity contribution in [3.8, 4) is 0 Å². The molecule has 0 radical (unpaired) electrons. The number of nitrogens with one attached hydrogen (secondary N) is 2. The molecule has 0 aliphatic heterocycles. The van der Waals surface area contributed by atoms with Crippen molar-refractivity contribution >= 4 is 23.1 Å². The number of carbonyl (C=O) groups excluding carboxylic acids is 1. The molecule has 82 valence electrons. The van der Waals surface area contributed by atoms with Gasteiger partial charge >= 0.3 is 6.03 Å². The van der Waals surface area contributed by atoms with Crippen LogP contribution in [-0.2, 0) is 6.54 Å². The molecule has 0 saturated heterocycles. The third-order valence-corrected chi connectivity index (χ3v) is 2.58. The number of thiazole rings is 1. The Bertz CT molecular complexity index is 442. The number of aromatic nitrogens is 1. The summed E-state index contributed by atoms with van der Waals surface area (Å²) in [6.07, 6.45) is 0. The SMILES string of the molecule is O=C(NCc1cscn1)Nc1ccccc1. The standard InChI is InChI=1S/C11H11N3OS/c15-11(12-6-10-7-16-8-13-10)14-9-4-2-1-3-5-9/h1-5,7-8H,6H2,(H2,12,14,15). The van der Waals surface area contributed by atoms with Crippen LogP contribution in [-0.4, -0.2) is 11.0 Å². The maximum Gasteiger partial charge on any atom is 0.319 e. The van der Waals surface area contributed by atoms with Gasteiger partial charge in [-0.15, -0.1) is 11.3 Å². The molecular formula is C11H11N3OS. The van der Waals surface area contributed by atoms with Crippen molar-refractivity contribution in [2.24, 2.45) is 0 Å². The Hall–Kier alpha value is -1.88. The van der Waals surface area contributed by atoms with Gasteiger partial charge in [0, 0.05) is 11.1 Å². The fraction of sp³-hybridized carbons (Fsp3) is 0.0909. The molecule has 0 bridgehead atoms. The molecule has 2 aromatic rings. The predicted octanol–water partition coefficient (Wildman–Crippen LogP) is 2.46. The number of carbonyl (C=O) groups is 1. The molecule has 2 amide bonds. The second-order valence-corrected chi connectivity index (χ2v) is 3.87. The molecule has 0 fully saturated rings. The molecule has 2 N–H and O–H groups in total. The highest BCUT2D eigenvalue weighted by atomic mass is 32.1. The van der Waals surface area contributed by atoms with Crippen LogP contribution in [0.2, 0.25) is 0 Å². The zero-order valence-electron chi connectivity index (χ0n) is 8.51. The molecule has 16 heavy (non-hydrogen) atoms. The first kappa shape index (κ1) is 10.6. The van der Waals surface area contributed by atoms with Crippen molar-refractivity contribution in [3.63, 3.8) is 0 Å². The first-order chi connectivity index (χ1) is 7.84. The van der Waals surface area contributed by atoms with Crippen LogP contribution in [0.1, 0.15) is 5.69 Å². The number of hydrogen-bond donors (Lipinski definition) is 2. The maximum absolute atomic E-state index is 11.5. The lowest BCUT2D eigenvalue weighted by Crippen LogP contribution is -2.28. The number of hydrogen-bond acceptors (Lipinski definition) is 3. The third kappa shape index (κ3) is 3.06. The molecule has 0 unspecified atom stereocenters. The van der Waals surface area contributed by atoms with Crippen molar-refractivity contribution in [2.45, 2.75) is 6.54 Å². The minimum absolute atomic E-state index is 0.223. The molecule has 4 nitrogen and oxygen atoms in total. The highest BCUT2D eigenvalue weighted by molar-refractivity contribution is 7.07. The lowest BCUT2D eigenvalue weighted by Gasteiger charge is -2.05. The van der Waals surface area contributed by atoms with E-state index in [-0.39, 0.29) is 6.03 Å². The number of amides is 2. The maximum atomic E-state index is 11.5. The summed E-state index contributed by atoms with van der Waals surface area (Å²) in [5.74, 6) is 0. The fourth-order valence-corrected chi connectivity index (χ4v) is 1.75. The quantitative estimate of drug-likeness (QED) is 0.855. The summed E-state index contributed by atoms with van der Waals surface area (Å²) in [5, 5.41) is 7.36. The Morgan fingerprint density at radius 1 is 1.31 bits per heavy atom. The number of para-hydroxylation sites is 1. The second kappa shape index (κ2) is 5.27. The lowest BCUT2D eigenvalue weighted by molar-refractivity contribution is 0.251. The first-order valence-corrected chi connectivity index (χ1v) is 5.76. The van der Waals surface area contributed by atoms with Gasteiger partial charge in [0.1, 0.15) is 0 Å². The van der Waals surface area contributed by atoms with Crippen LogP contribution >= 0.6 is 11.3 Å².